The smallest absolute Gasteiger partial charge is 0.256 e. The van der Waals surface area contributed by atoms with Crippen LogP contribution < -0.4 is 5.56 Å². The molecule has 0 spiro atoms. The number of H-pyrrole nitrogens is 1. The minimum absolute atomic E-state index is 0.0906. The van der Waals surface area contributed by atoms with Crippen molar-refractivity contribution in [1.29, 1.82) is 0 Å². The Hall–Kier alpha value is -2.73. The maximum atomic E-state index is 12.4. The highest BCUT2D eigenvalue weighted by atomic mass is 16.3. The van der Waals surface area contributed by atoms with Crippen LogP contribution in [0.4, 0.5) is 0 Å². The molecule has 116 valence electrons. The number of aromatic amines is 1. The van der Waals surface area contributed by atoms with E-state index in [1.807, 2.05) is 18.2 Å². The molecule has 4 heterocycles. The molecule has 6 heteroatoms. The maximum absolute atomic E-state index is 12.4. The lowest BCUT2D eigenvalue weighted by atomic mass is 10.1. The monoisotopic (exact) mass is 308 g/mol. The SMILES string of the molecule is O=c1[nH]c(-c2ccco2)nc2c1CN(Cc1ccccn1)CC2. The molecule has 0 unspecified atom stereocenters. The largest absolute Gasteiger partial charge is 0.461 e. The highest BCUT2D eigenvalue weighted by Gasteiger charge is 2.22. The lowest BCUT2D eigenvalue weighted by molar-refractivity contribution is 0.239. The predicted octanol–water partition coefficient (Wildman–Crippen LogP) is 1.98. The molecule has 0 atom stereocenters. The summed E-state index contributed by atoms with van der Waals surface area (Å²) < 4.78 is 5.31. The van der Waals surface area contributed by atoms with Gasteiger partial charge in [-0.3, -0.25) is 14.7 Å². The lowest BCUT2D eigenvalue weighted by Gasteiger charge is -2.27. The molecule has 3 aromatic heterocycles. The maximum Gasteiger partial charge on any atom is 0.256 e. The van der Waals surface area contributed by atoms with Gasteiger partial charge in [-0.25, -0.2) is 4.98 Å². The molecule has 0 fully saturated rings. The van der Waals surface area contributed by atoms with Crippen LogP contribution in [0.25, 0.3) is 11.6 Å². The first-order valence-electron chi connectivity index (χ1n) is 7.58. The minimum Gasteiger partial charge on any atom is -0.461 e. The normalized spacial score (nSPS) is 14.6. The van der Waals surface area contributed by atoms with E-state index in [0.29, 0.717) is 18.1 Å². The van der Waals surface area contributed by atoms with E-state index in [1.165, 1.54) is 0 Å². The number of nitrogens with one attached hydrogen (secondary N) is 1. The number of fused-ring (bicyclic) bond motifs is 1. The van der Waals surface area contributed by atoms with Gasteiger partial charge in [-0.05, 0) is 24.3 Å². The van der Waals surface area contributed by atoms with Crippen LogP contribution in [0, 0.1) is 0 Å². The van der Waals surface area contributed by atoms with E-state index >= 15 is 0 Å². The molecule has 3 aromatic rings. The van der Waals surface area contributed by atoms with Gasteiger partial charge >= 0.3 is 0 Å². The van der Waals surface area contributed by atoms with E-state index < -0.39 is 0 Å². The highest BCUT2D eigenvalue weighted by molar-refractivity contribution is 5.46. The van der Waals surface area contributed by atoms with Crippen molar-refractivity contribution >= 4 is 0 Å². The minimum atomic E-state index is -0.0906. The number of hydrogen-bond acceptors (Lipinski definition) is 5. The Kier molecular flexibility index (Phi) is 3.51. The zero-order valence-corrected chi connectivity index (χ0v) is 12.5. The van der Waals surface area contributed by atoms with E-state index in [4.69, 9.17) is 4.42 Å². The van der Waals surface area contributed by atoms with Gasteiger partial charge in [0.2, 0.25) is 0 Å². The summed E-state index contributed by atoms with van der Waals surface area (Å²) in [6.07, 6.45) is 4.11. The number of rotatable bonds is 3. The molecule has 1 aliphatic rings. The fourth-order valence-corrected chi connectivity index (χ4v) is 2.87. The van der Waals surface area contributed by atoms with Crippen molar-refractivity contribution in [2.24, 2.45) is 0 Å². The van der Waals surface area contributed by atoms with Crippen LogP contribution in [0.3, 0.4) is 0 Å². The molecule has 0 radical (unpaired) electrons. The van der Waals surface area contributed by atoms with Crippen LogP contribution in [0.5, 0.6) is 0 Å². The number of hydrogen-bond donors (Lipinski definition) is 1. The average molecular weight is 308 g/mol. The quantitative estimate of drug-likeness (QED) is 0.801. The Morgan fingerprint density at radius 3 is 3.00 bits per heavy atom. The number of pyridine rings is 1. The van der Waals surface area contributed by atoms with Gasteiger partial charge in [0.25, 0.3) is 5.56 Å². The van der Waals surface area contributed by atoms with E-state index in [9.17, 15) is 4.79 Å². The molecule has 0 amide bonds. The van der Waals surface area contributed by atoms with Crippen molar-refractivity contribution in [3.05, 3.63) is 70.1 Å². The Morgan fingerprint density at radius 2 is 2.22 bits per heavy atom. The summed E-state index contributed by atoms with van der Waals surface area (Å²) in [6.45, 7) is 2.18. The zero-order chi connectivity index (χ0) is 15.6. The Morgan fingerprint density at radius 1 is 1.26 bits per heavy atom. The molecule has 23 heavy (non-hydrogen) atoms. The molecule has 0 saturated carbocycles. The van der Waals surface area contributed by atoms with Crippen LogP contribution in [-0.4, -0.2) is 26.4 Å². The lowest BCUT2D eigenvalue weighted by Crippen LogP contribution is -2.35. The fraction of sp³-hybridized carbons (Fsp3) is 0.235. The van der Waals surface area contributed by atoms with Gasteiger partial charge in [0, 0.05) is 32.3 Å². The summed E-state index contributed by atoms with van der Waals surface area (Å²) >= 11 is 0. The summed E-state index contributed by atoms with van der Waals surface area (Å²) in [5, 5.41) is 0. The van der Waals surface area contributed by atoms with E-state index in [-0.39, 0.29) is 5.56 Å². The van der Waals surface area contributed by atoms with Crippen molar-refractivity contribution < 1.29 is 4.42 Å². The van der Waals surface area contributed by atoms with Gasteiger partial charge in [-0.15, -0.1) is 0 Å². The van der Waals surface area contributed by atoms with E-state index in [1.54, 1.807) is 24.6 Å². The molecular weight excluding hydrogens is 292 g/mol. The molecule has 1 N–H and O–H groups in total. The molecule has 0 saturated heterocycles. The number of aromatic nitrogens is 3. The van der Waals surface area contributed by atoms with Crippen LogP contribution in [-0.2, 0) is 19.5 Å². The van der Waals surface area contributed by atoms with Crippen LogP contribution in [0.15, 0.2) is 52.0 Å². The van der Waals surface area contributed by atoms with Gasteiger partial charge in [0.15, 0.2) is 11.6 Å². The van der Waals surface area contributed by atoms with Crippen molar-refractivity contribution in [2.45, 2.75) is 19.5 Å². The second kappa shape index (κ2) is 5.81. The summed E-state index contributed by atoms with van der Waals surface area (Å²) in [5.74, 6) is 1.08. The van der Waals surface area contributed by atoms with Crippen LogP contribution in [0.1, 0.15) is 17.0 Å². The van der Waals surface area contributed by atoms with Crippen molar-refractivity contribution in [3.8, 4) is 11.6 Å². The fourth-order valence-electron chi connectivity index (χ4n) is 2.87. The molecule has 0 bridgehead atoms. The number of nitrogens with zero attached hydrogens (tertiary/aromatic N) is 3. The third-order valence-corrected chi connectivity index (χ3v) is 4.01. The summed E-state index contributed by atoms with van der Waals surface area (Å²) in [5.41, 5.74) is 2.51. The van der Waals surface area contributed by atoms with Gasteiger partial charge in [0.1, 0.15) is 0 Å². The number of furan rings is 1. The van der Waals surface area contributed by atoms with Gasteiger partial charge < -0.3 is 9.40 Å². The summed E-state index contributed by atoms with van der Waals surface area (Å²) in [6, 6.07) is 9.45. The standard InChI is InChI=1S/C17H16N4O2/c22-17-13-11-21(10-12-4-1-2-7-18-12)8-6-14(13)19-16(20-17)15-5-3-9-23-15/h1-5,7,9H,6,8,10-11H2,(H,19,20,22). The van der Waals surface area contributed by atoms with E-state index in [0.717, 1.165) is 36.5 Å². The van der Waals surface area contributed by atoms with Gasteiger partial charge in [-0.1, -0.05) is 6.07 Å². The summed E-state index contributed by atoms with van der Waals surface area (Å²) in [7, 11) is 0. The van der Waals surface area contributed by atoms with Crippen LogP contribution >= 0.6 is 0 Å². The third-order valence-electron chi connectivity index (χ3n) is 4.01. The first-order valence-corrected chi connectivity index (χ1v) is 7.58. The first-order chi connectivity index (χ1) is 11.3. The first kappa shape index (κ1) is 13.9. The van der Waals surface area contributed by atoms with Crippen LogP contribution in [0.2, 0.25) is 0 Å². The molecule has 4 rings (SSSR count). The predicted molar refractivity (Wildman–Crippen MR) is 84.6 cm³/mol. The molecule has 1 aliphatic heterocycles. The van der Waals surface area contributed by atoms with Crippen molar-refractivity contribution in [1.82, 2.24) is 19.9 Å². The van der Waals surface area contributed by atoms with Crippen molar-refractivity contribution in [3.63, 3.8) is 0 Å². The zero-order valence-electron chi connectivity index (χ0n) is 12.5. The Balaban J connectivity index is 1.59. The highest BCUT2D eigenvalue weighted by Crippen LogP contribution is 2.19. The van der Waals surface area contributed by atoms with Gasteiger partial charge in [0.05, 0.1) is 23.2 Å². The Labute approximate surface area is 132 Å². The molecule has 0 aromatic carbocycles. The third kappa shape index (κ3) is 2.80. The summed E-state index contributed by atoms with van der Waals surface area (Å²) in [4.78, 5) is 26.3. The van der Waals surface area contributed by atoms with Crippen molar-refractivity contribution in [2.75, 3.05) is 6.54 Å². The van der Waals surface area contributed by atoms with Gasteiger partial charge in [-0.2, -0.15) is 0 Å². The molecule has 0 aliphatic carbocycles. The Bertz CT molecular complexity index is 856. The second-order valence-corrected chi connectivity index (χ2v) is 5.60. The molecule has 6 nitrogen and oxygen atoms in total. The van der Waals surface area contributed by atoms with E-state index in [2.05, 4.69) is 19.9 Å². The second-order valence-electron chi connectivity index (χ2n) is 5.60. The topological polar surface area (TPSA) is 75.0 Å². The molecular formula is C17H16N4O2. The average Bonchev–Trinajstić information content (AvgIpc) is 3.11.